The molecule has 0 spiro atoms. The first-order valence-electron chi connectivity index (χ1n) is 9.31. The molecule has 2 atom stereocenters. The summed E-state index contributed by atoms with van der Waals surface area (Å²) in [6.45, 7) is 4.91. The summed E-state index contributed by atoms with van der Waals surface area (Å²) in [5.41, 5.74) is 6.95. The van der Waals surface area contributed by atoms with Crippen molar-refractivity contribution in [1.82, 2.24) is 20.0 Å². The smallest absolute Gasteiger partial charge is 0.161 e. The van der Waals surface area contributed by atoms with E-state index in [0.717, 1.165) is 42.0 Å². The van der Waals surface area contributed by atoms with Gasteiger partial charge in [-0.3, -0.25) is 0 Å². The molecule has 0 aliphatic carbocycles. The quantitative estimate of drug-likeness (QED) is 0.699. The molecule has 27 heavy (non-hydrogen) atoms. The molecule has 0 bridgehead atoms. The van der Waals surface area contributed by atoms with Gasteiger partial charge in [-0.1, -0.05) is 19.4 Å². The SMILES string of the molecule is CCCc1ccc(F)cc1C(C)Nc1ccn2ncc(C3C=NNC3)c2n1. The number of aryl methyl sites for hydroxylation is 1. The number of halogens is 1. The van der Waals surface area contributed by atoms with Gasteiger partial charge in [0.05, 0.1) is 12.2 Å². The summed E-state index contributed by atoms with van der Waals surface area (Å²) in [5.74, 6) is 0.696. The lowest BCUT2D eigenvalue weighted by molar-refractivity contribution is 0.621. The van der Waals surface area contributed by atoms with Crippen molar-refractivity contribution in [2.75, 3.05) is 11.9 Å². The minimum Gasteiger partial charge on any atom is -0.363 e. The number of hydrogen-bond donors (Lipinski definition) is 2. The highest BCUT2D eigenvalue weighted by Crippen LogP contribution is 2.25. The third-order valence-electron chi connectivity index (χ3n) is 4.91. The van der Waals surface area contributed by atoms with Crippen molar-refractivity contribution in [3.63, 3.8) is 0 Å². The van der Waals surface area contributed by atoms with Crippen LogP contribution in [0.4, 0.5) is 10.2 Å². The van der Waals surface area contributed by atoms with Crippen molar-refractivity contribution >= 4 is 17.7 Å². The number of rotatable bonds is 6. The van der Waals surface area contributed by atoms with Gasteiger partial charge in [-0.25, -0.2) is 13.9 Å². The predicted octanol–water partition coefficient (Wildman–Crippen LogP) is 3.67. The minimum atomic E-state index is -0.215. The van der Waals surface area contributed by atoms with E-state index in [1.54, 1.807) is 10.6 Å². The standard InChI is InChI=1S/C20H23FN6/c1-3-4-14-5-6-16(21)9-17(14)13(2)25-19-7-8-27-20(26-19)18(12-24-27)15-10-22-23-11-15/h5-10,12-13,15,23H,3-4,11H2,1-2H3,(H,25,26). The number of benzene rings is 1. The highest BCUT2D eigenvalue weighted by atomic mass is 19.1. The molecule has 7 heteroatoms. The zero-order valence-electron chi connectivity index (χ0n) is 15.5. The van der Waals surface area contributed by atoms with Crippen molar-refractivity contribution in [2.45, 2.75) is 38.6 Å². The fraction of sp³-hybridized carbons (Fsp3) is 0.350. The Morgan fingerprint density at radius 3 is 3.04 bits per heavy atom. The maximum absolute atomic E-state index is 13.8. The number of hydrazone groups is 1. The summed E-state index contributed by atoms with van der Waals surface area (Å²) in [5, 5.41) is 11.9. The van der Waals surface area contributed by atoms with Crippen LogP contribution >= 0.6 is 0 Å². The number of nitrogens with zero attached hydrogens (tertiary/aromatic N) is 4. The van der Waals surface area contributed by atoms with Gasteiger partial charge in [0.15, 0.2) is 5.65 Å². The van der Waals surface area contributed by atoms with E-state index in [0.29, 0.717) is 0 Å². The van der Waals surface area contributed by atoms with Crippen LogP contribution in [0, 0.1) is 5.82 Å². The molecule has 3 heterocycles. The predicted molar refractivity (Wildman–Crippen MR) is 105 cm³/mol. The Morgan fingerprint density at radius 2 is 2.26 bits per heavy atom. The van der Waals surface area contributed by atoms with Crippen LogP contribution in [-0.2, 0) is 6.42 Å². The molecule has 4 rings (SSSR count). The Kier molecular flexibility index (Phi) is 4.75. The molecular weight excluding hydrogens is 343 g/mol. The van der Waals surface area contributed by atoms with Crippen LogP contribution in [0.15, 0.2) is 41.8 Å². The zero-order valence-corrected chi connectivity index (χ0v) is 15.5. The van der Waals surface area contributed by atoms with Gasteiger partial charge in [0, 0.05) is 30.4 Å². The molecule has 2 N–H and O–H groups in total. The largest absolute Gasteiger partial charge is 0.363 e. The van der Waals surface area contributed by atoms with Gasteiger partial charge in [-0.15, -0.1) is 0 Å². The number of anilines is 1. The van der Waals surface area contributed by atoms with E-state index in [2.05, 4.69) is 27.9 Å². The third-order valence-corrected chi connectivity index (χ3v) is 4.91. The lowest BCUT2D eigenvalue weighted by atomic mass is 9.98. The van der Waals surface area contributed by atoms with Gasteiger partial charge in [-0.05, 0) is 42.7 Å². The van der Waals surface area contributed by atoms with E-state index in [9.17, 15) is 4.39 Å². The third kappa shape index (κ3) is 3.49. The van der Waals surface area contributed by atoms with Crippen LogP contribution in [0.2, 0.25) is 0 Å². The maximum atomic E-state index is 13.8. The van der Waals surface area contributed by atoms with Crippen LogP contribution < -0.4 is 10.7 Å². The molecular formula is C20H23FN6. The Bertz CT molecular complexity index is 980. The van der Waals surface area contributed by atoms with Crippen LogP contribution in [0.1, 0.15) is 48.9 Å². The van der Waals surface area contributed by atoms with E-state index in [4.69, 9.17) is 4.98 Å². The van der Waals surface area contributed by atoms with Crippen LogP contribution in [0.5, 0.6) is 0 Å². The molecule has 1 aliphatic heterocycles. The molecule has 6 nitrogen and oxygen atoms in total. The summed E-state index contributed by atoms with van der Waals surface area (Å²) < 4.78 is 15.6. The van der Waals surface area contributed by atoms with E-state index in [1.807, 2.05) is 37.7 Å². The number of fused-ring (bicyclic) bond motifs is 1. The summed E-state index contributed by atoms with van der Waals surface area (Å²) >= 11 is 0. The topological polar surface area (TPSA) is 66.6 Å². The first-order chi connectivity index (χ1) is 13.2. The van der Waals surface area contributed by atoms with Crippen molar-refractivity contribution < 1.29 is 4.39 Å². The average molecular weight is 366 g/mol. The first-order valence-corrected chi connectivity index (χ1v) is 9.31. The van der Waals surface area contributed by atoms with Crippen LogP contribution in [-0.4, -0.2) is 27.4 Å². The number of hydrogen-bond acceptors (Lipinski definition) is 5. The molecule has 2 unspecified atom stereocenters. The summed E-state index contributed by atoms with van der Waals surface area (Å²) in [4.78, 5) is 4.75. The minimum absolute atomic E-state index is 0.0571. The molecule has 0 amide bonds. The summed E-state index contributed by atoms with van der Waals surface area (Å²) in [6, 6.07) is 6.86. The molecule has 1 aromatic carbocycles. The number of nitrogens with one attached hydrogen (secondary N) is 2. The van der Waals surface area contributed by atoms with Crippen molar-refractivity contribution in [1.29, 1.82) is 0 Å². The monoisotopic (exact) mass is 366 g/mol. The Hall–Kier alpha value is -2.96. The van der Waals surface area contributed by atoms with E-state index in [1.165, 1.54) is 11.6 Å². The Morgan fingerprint density at radius 1 is 1.37 bits per heavy atom. The van der Waals surface area contributed by atoms with E-state index < -0.39 is 0 Å². The highest BCUT2D eigenvalue weighted by molar-refractivity contribution is 5.73. The van der Waals surface area contributed by atoms with Gasteiger partial charge in [-0.2, -0.15) is 10.2 Å². The molecule has 3 aromatic rings. The summed E-state index contributed by atoms with van der Waals surface area (Å²) in [6.07, 6.45) is 7.55. The lowest BCUT2D eigenvalue weighted by Gasteiger charge is -2.19. The fourth-order valence-corrected chi connectivity index (χ4v) is 3.53. The van der Waals surface area contributed by atoms with Crippen LogP contribution in [0.25, 0.3) is 5.65 Å². The second-order valence-electron chi connectivity index (χ2n) is 6.89. The second kappa shape index (κ2) is 7.34. The average Bonchev–Trinajstić information content (AvgIpc) is 3.32. The highest BCUT2D eigenvalue weighted by Gasteiger charge is 2.19. The molecule has 0 saturated heterocycles. The molecule has 1 aliphatic rings. The molecule has 2 aromatic heterocycles. The Labute approximate surface area is 157 Å². The van der Waals surface area contributed by atoms with Gasteiger partial charge < -0.3 is 10.7 Å². The van der Waals surface area contributed by atoms with Gasteiger partial charge >= 0.3 is 0 Å². The lowest BCUT2D eigenvalue weighted by Crippen LogP contribution is -2.12. The van der Waals surface area contributed by atoms with Gasteiger partial charge in [0.2, 0.25) is 0 Å². The van der Waals surface area contributed by atoms with Gasteiger partial charge in [0.25, 0.3) is 0 Å². The molecule has 140 valence electrons. The summed E-state index contributed by atoms with van der Waals surface area (Å²) in [7, 11) is 0. The van der Waals surface area contributed by atoms with E-state index in [-0.39, 0.29) is 17.8 Å². The zero-order chi connectivity index (χ0) is 18.8. The Balaban J connectivity index is 1.62. The molecule has 0 fully saturated rings. The normalized spacial score (nSPS) is 17.2. The number of aromatic nitrogens is 3. The van der Waals surface area contributed by atoms with Crippen molar-refractivity contribution in [3.8, 4) is 0 Å². The van der Waals surface area contributed by atoms with Crippen LogP contribution in [0.3, 0.4) is 0 Å². The van der Waals surface area contributed by atoms with Gasteiger partial charge in [0.1, 0.15) is 11.6 Å². The fourth-order valence-electron chi connectivity index (χ4n) is 3.53. The van der Waals surface area contributed by atoms with Crippen molar-refractivity contribution in [2.24, 2.45) is 5.10 Å². The van der Waals surface area contributed by atoms with Crippen molar-refractivity contribution in [3.05, 3.63) is 59.2 Å². The molecule has 0 saturated carbocycles. The second-order valence-corrected chi connectivity index (χ2v) is 6.89. The maximum Gasteiger partial charge on any atom is 0.161 e. The van der Waals surface area contributed by atoms with E-state index >= 15 is 0 Å². The molecule has 0 radical (unpaired) electrons. The first kappa shape index (κ1) is 17.5.